The molecule has 1 aliphatic heterocycles. The van der Waals surface area contributed by atoms with Crippen LogP contribution in [0.3, 0.4) is 0 Å². The zero-order valence-electron chi connectivity index (χ0n) is 15.2. The summed E-state index contributed by atoms with van der Waals surface area (Å²) in [6.45, 7) is 5.76. The molecule has 4 rings (SSSR count). The molecule has 0 amide bonds. The second-order valence-electron chi connectivity index (χ2n) is 6.63. The van der Waals surface area contributed by atoms with Gasteiger partial charge in [-0.05, 0) is 45.2 Å². The number of aromatic nitrogens is 1. The summed E-state index contributed by atoms with van der Waals surface area (Å²) in [7, 11) is 2.04. The van der Waals surface area contributed by atoms with Crippen LogP contribution >= 0.6 is 0 Å². The van der Waals surface area contributed by atoms with Gasteiger partial charge in [-0.15, -0.1) is 0 Å². The molecule has 0 saturated carbocycles. The summed E-state index contributed by atoms with van der Waals surface area (Å²) in [5.74, 6) is 4.41. The fourth-order valence-corrected chi connectivity index (χ4v) is 3.05. The van der Waals surface area contributed by atoms with Crippen LogP contribution in [0.25, 0.3) is 11.7 Å². The van der Waals surface area contributed by atoms with E-state index in [0.717, 1.165) is 35.3 Å². The zero-order chi connectivity index (χ0) is 18.1. The van der Waals surface area contributed by atoms with Crippen LogP contribution in [0.5, 0.6) is 11.5 Å². The van der Waals surface area contributed by atoms with E-state index < -0.39 is 0 Å². The number of benzene rings is 1. The Balaban J connectivity index is 1.39. The van der Waals surface area contributed by atoms with Crippen molar-refractivity contribution in [3.63, 3.8) is 0 Å². The number of rotatable bonds is 5. The molecule has 2 aromatic heterocycles. The molecule has 0 N–H and O–H groups in total. The first-order valence-corrected chi connectivity index (χ1v) is 8.68. The van der Waals surface area contributed by atoms with Crippen molar-refractivity contribution >= 4 is 0 Å². The molecule has 3 aromatic rings. The SMILES string of the molecule is Cc1ccc(-c2nc(CN(C)C[C@@H]3COc4ccccc4O3)c(C)o2)o1. The van der Waals surface area contributed by atoms with Crippen LogP contribution in [0.1, 0.15) is 17.2 Å². The van der Waals surface area contributed by atoms with Gasteiger partial charge in [0.2, 0.25) is 0 Å². The van der Waals surface area contributed by atoms with Crippen molar-refractivity contribution in [2.24, 2.45) is 0 Å². The lowest BCUT2D eigenvalue weighted by Gasteiger charge is -2.29. The van der Waals surface area contributed by atoms with Crippen molar-refractivity contribution in [2.75, 3.05) is 20.2 Å². The standard InChI is InChI=1S/C20H22N2O4/c1-13-8-9-19(24-13)20-21-16(14(2)25-20)11-22(3)10-15-12-23-17-6-4-5-7-18(17)26-15/h4-9,15H,10-12H2,1-3H3/t15-/m1/s1. The molecule has 0 fully saturated rings. The summed E-state index contributed by atoms with van der Waals surface area (Å²) >= 11 is 0. The van der Waals surface area contributed by atoms with E-state index >= 15 is 0 Å². The molecule has 0 radical (unpaired) electrons. The first-order valence-electron chi connectivity index (χ1n) is 8.68. The van der Waals surface area contributed by atoms with Gasteiger partial charge < -0.3 is 18.3 Å². The minimum Gasteiger partial charge on any atom is -0.486 e. The van der Waals surface area contributed by atoms with Crippen molar-refractivity contribution in [3.05, 3.63) is 53.6 Å². The fraction of sp³-hybridized carbons (Fsp3) is 0.350. The summed E-state index contributed by atoms with van der Waals surface area (Å²) < 4.78 is 23.2. The van der Waals surface area contributed by atoms with Crippen molar-refractivity contribution < 1.29 is 18.3 Å². The van der Waals surface area contributed by atoms with Crippen molar-refractivity contribution in [1.29, 1.82) is 0 Å². The number of aryl methyl sites for hydroxylation is 2. The van der Waals surface area contributed by atoms with Gasteiger partial charge >= 0.3 is 0 Å². The number of fused-ring (bicyclic) bond motifs is 1. The Bertz CT molecular complexity index is 899. The summed E-state index contributed by atoms with van der Waals surface area (Å²) in [6.07, 6.45) is -0.0192. The number of furan rings is 1. The van der Waals surface area contributed by atoms with Crippen molar-refractivity contribution in [2.45, 2.75) is 26.5 Å². The van der Waals surface area contributed by atoms with E-state index in [1.165, 1.54) is 0 Å². The molecular formula is C20H22N2O4. The van der Waals surface area contributed by atoms with Gasteiger partial charge in [0, 0.05) is 13.1 Å². The molecule has 1 aromatic carbocycles. The van der Waals surface area contributed by atoms with Crippen LogP contribution in [0.4, 0.5) is 0 Å². The minimum atomic E-state index is -0.0192. The van der Waals surface area contributed by atoms with Crippen LogP contribution in [-0.2, 0) is 6.54 Å². The molecule has 6 nitrogen and oxygen atoms in total. The van der Waals surface area contributed by atoms with Gasteiger partial charge in [0.05, 0.1) is 5.69 Å². The maximum atomic E-state index is 6.02. The number of hydrogen-bond acceptors (Lipinski definition) is 6. The quantitative estimate of drug-likeness (QED) is 0.694. The van der Waals surface area contributed by atoms with Gasteiger partial charge in [0.1, 0.15) is 24.2 Å². The highest BCUT2D eigenvalue weighted by molar-refractivity contribution is 5.45. The number of nitrogens with zero attached hydrogens (tertiary/aromatic N) is 2. The third kappa shape index (κ3) is 3.46. The highest BCUT2D eigenvalue weighted by atomic mass is 16.6. The third-order valence-electron chi connectivity index (χ3n) is 4.35. The number of oxazole rings is 1. The van der Waals surface area contributed by atoms with Gasteiger partial charge in [0.25, 0.3) is 5.89 Å². The van der Waals surface area contributed by atoms with Crippen LogP contribution in [0.2, 0.25) is 0 Å². The van der Waals surface area contributed by atoms with Crippen LogP contribution in [-0.4, -0.2) is 36.2 Å². The lowest BCUT2D eigenvalue weighted by Crippen LogP contribution is -2.39. The molecule has 0 spiro atoms. The molecule has 3 heterocycles. The van der Waals surface area contributed by atoms with E-state index in [4.69, 9.17) is 18.3 Å². The van der Waals surface area contributed by atoms with E-state index in [-0.39, 0.29) is 6.10 Å². The molecule has 1 atom stereocenters. The highest BCUT2D eigenvalue weighted by Crippen LogP contribution is 2.31. The highest BCUT2D eigenvalue weighted by Gasteiger charge is 2.23. The Labute approximate surface area is 152 Å². The third-order valence-corrected chi connectivity index (χ3v) is 4.35. The van der Waals surface area contributed by atoms with E-state index in [0.29, 0.717) is 24.8 Å². The summed E-state index contributed by atoms with van der Waals surface area (Å²) in [5, 5.41) is 0. The smallest absolute Gasteiger partial charge is 0.263 e. The summed E-state index contributed by atoms with van der Waals surface area (Å²) in [4.78, 5) is 6.74. The minimum absolute atomic E-state index is 0.0192. The molecule has 6 heteroatoms. The maximum Gasteiger partial charge on any atom is 0.263 e. The molecule has 0 aliphatic carbocycles. The Hall–Kier alpha value is -2.73. The van der Waals surface area contributed by atoms with Crippen molar-refractivity contribution in [3.8, 4) is 23.1 Å². The summed E-state index contributed by atoms with van der Waals surface area (Å²) in [6, 6.07) is 11.5. The number of para-hydroxylation sites is 2. The van der Waals surface area contributed by atoms with E-state index in [1.54, 1.807) is 0 Å². The largest absolute Gasteiger partial charge is 0.486 e. The molecule has 0 unspecified atom stereocenters. The normalized spacial score (nSPS) is 16.2. The molecule has 26 heavy (non-hydrogen) atoms. The van der Waals surface area contributed by atoms with Gasteiger partial charge in [-0.2, -0.15) is 0 Å². The number of ether oxygens (including phenoxy) is 2. The van der Waals surface area contributed by atoms with E-state index in [9.17, 15) is 0 Å². The molecule has 1 aliphatic rings. The van der Waals surface area contributed by atoms with Crippen LogP contribution in [0, 0.1) is 13.8 Å². The van der Waals surface area contributed by atoms with Gasteiger partial charge in [-0.3, -0.25) is 4.90 Å². The average Bonchev–Trinajstić information content (AvgIpc) is 3.21. The van der Waals surface area contributed by atoms with Crippen LogP contribution < -0.4 is 9.47 Å². The van der Waals surface area contributed by atoms with Gasteiger partial charge in [-0.1, -0.05) is 12.1 Å². The fourth-order valence-electron chi connectivity index (χ4n) is 3.05. The lowest BCUT2D eigenvalue weighted by atomic mass is 10.2. The predicted octanol–water partition coefficient (Wildman–Crippen LogP) is 3.82. The topological polar surface area (TPSA) is 60.9 Å². The van der Waals surface area contributed by atoms with E-state index in [2.05, 4.69) is 9.88 Å². The second kappa shape index (κ2) is 6.88. The van der Waals surface area contributed by atoms with E-state index in [1.807, 2.05) is 57.3 Å². The number of likely N-dealkylation sites (N-methyl/N-ethyl adjacent to an activating group) is 1. The average molecular weight is 354 g/mol. The van der Waals surface area contributed by atoms with Gasteiger partial charge in [-0.25, -0.2) is 4.98 Å². The molecule has 136 valence electrons. The first-order chi connectivity index (χ1) is 12.6. The molecular weight excluding hydrogens is 332 g/mol. The second-order valence-corrected chi connectivity index (χ2v) is 6.63. The zero-order valence-corrected chi connectivity index (χ0v) is 15.2. The Morgan fingerprint density at radius 3 is 2.65 bits per heavy atom. The van der Waals surface area contributed by atoms with Crippen LogP contribution in [0.15, 0.2) is 45.2 Å². The van der Waals surface area contributed by atoms with Gasteiger partial charge in [0.15, 0.2) is 17.3 Å². The molecule has 0 bridgehead atoms. The Kier molecular flexibility index (Phi) is 4.42. The Morgan fingerprint density at radius 2 is 1.88 bits per heavy atom. The number of hydrogen-bond donors (Lipinski definition) is 0. The monoisotopic (exact) mass is 354 g/mol. The predicted molar refractivity (Wildman–Crippen MR) is 96.4 cm³/mol. The maximum absolute atomic E-state index is 6.02. The van der Waals surface area contributed by atoms with Crippen molar-refractivity contribution in [1.82, 2.24) is 9.88 Å². The lowest BCUT2D eigenvalue weighted by molar-refractivity contribution is 0.0634. The molecule has 0 saturated heterocycles. The Morgan fingerprint density at radius 1 is 1.08 bits per heavy atom. The summed E-state index contributed by atoms with van der Waals surface area (Å²) in [5.41, 5.74) is 0.897. The first kappa shape index (κ1) is 16.7.